The Labute approximate surface area is 145 Å². The van der Waals surface area contributed by atoms with Gasteiger partial charge in [-0.05, 0) is 74.0 Å². The maximum Gasteiger partial charge on any atom is 0.303 e. The fraction of sp³-hybridized carbons (Fsp3) is 0.905. The molecule has 0 bridgehead atoms. The Morgan fingerprint density at radius 1 is 1.04 bits per heavy atom. The highest BCUT2D eigenvalue weighted by atomic mass is 16.5. The second-order valence-corrected chi connectivity index (χ2v) is 9.56. The Balaban J connectivity index is 1.62. The van der Waals surface area contributed by atoms with Crippen molar-refractivity contribution in [3.8, 4) is 0 Å². The van der Waals surface area contributed by atoms with Gasteiger partial charge in [0, 0.05) is 12.3 Å². The smallest absolute Gasteiger partial charge is 0.303 e. The zero-order chi connectivity index (χ0) is 17.1. The minimum absolute atomic E-state index is 0.206. The predicted octanol–water partition coefficient (Wildman–Crippen LogP) is 4.53. The second kappa shape index (κ2) is 5.57. The topological polar surface area (TPSA) is 43.4 Å². The zero-order valence-corrected chi connectivity index (χ0v) is 15.5. The van der Waals surface area contributed by atoms with E-state index in [1.54, 1.807) is 0 Å². The lowest BCUT2D eigenvalue weighted by molar-refractivity contribution is -0.154. The summed E-state index contributed by atoms with van der Waals surface area (Å²) in [5.41, 5.74) is 0.240. The van der Waals surface area contributed by atoms with Crippen LogP contribution in [0.15, 0.2) is 0 Å². The van der Waals surface area contributed by atoms with E-state index in [1.165, 1.54) is 51.9 Å². The third-order valence-electron chi connectivity index (χ3n) is 8.60. The molecule has 7 atom stereocenters. The number of hydrogen-bond acceptors (Lipinski definition) is 3. The van der Waals surface area contributed by atoms with Crippen LogP contribution in [0.5, 0.6) is 0 Å². The highest BCUT2D eigenvalue weighted by molar-refractivity contribution is 5.92. The standard InChI is InChI=1S/C21H32O3/c1-13(22)24-18-12-17-15-8-7-14-6-4-5-10-20(14,2)16(15)9-11-21(17,3)19(18)23/h14-18H,4-12H2,1-3H3. The van der Waals surface area contributed by atoms with Crippen LogP contribution in [0.3, 0.4) is 0 Å². The molecule has 0 radical (unpaired) electrons. The van der Waals surface area contributed by atoms with Gasteiger partial charge in [0.2, 0.25) is 0 Å². The van der Waals surface area contributed by atoms with E-state index >= 15 is 0 Å². The van der Waals surface area contributed by atoms with E-state index in [2.05, 4.69) is 13.8 Å². The van der Waals surface area contributed by atoms with Gasteiger partial charge in [0.15, 0.2) is 11.9 Å². The Morgan fingerprint density at radius 3 is 2.58 bits per heavy atom. The van der Waals surface area contributed by atoms with Crippen molar-refractivity contribution in [3.05, 3.63) is 0 Å². The van der Waals surface area contributed by atoms with Gasteiger partial charge >= 0.3 is 5.97 Å². The lowest BCUT2D eigenvalue weighted by atomic mass is 9.45. The fourth-order valence-corrected chi connectivity index (χ4v) is 7.36. The van der Waals surface area contributed by atoms with Gasteiger partial charge in [-0.2, -0.15) is 0 Å². The third-order valence-corrected chi connectivity index (χ3v) is 8.60. The van der Waals surface area contributed by atoms with Crippen molar-refractivity contribution in [3.63, 3.8) is 0 Å². The molecule has 7 unspecified atom stereocenters. The van der Waals surface area contributed by atoms with Gasteiger partial charge < -0.3 is 4.74 Å². The maximum atomic E-state index is 13.0. The van der Waals surface area contributed by atoms with E-state index in [-0.39, 0.29) is 17.2 Å². The number of ketones is 1. The minimum atomic E-state index is -0.479. The number of carbonyl (C=O) groups is 2. The Hall–Kier alpha value is -0.860. The van der Waals surface area contributed by atoms with Crippen LogP contribution in [-0.2, 0) is 14.3 Å². The first-order chi connectivity index (χ1) is 11.4. The van der Waals surface area contributed by atoms with Crippen LogP contribution >= 0.6 is 0 Å². The van der Waals surface area contributed by atoms with Crippen LogP contribution in [-0.4, -0.2) is 17.9 Å². The molecule has 0 heterocycles. The molecule has 134 valence electrons. The highest BCUT2D eigenvalue weighted by Crippen LogP contribution is 2.65. The fourth-order valence-electron chi connectivity index (χ4n) is 7.36. The number of Topliss-reactive ketones (excluding diaryl/α,β-unsaturated/α-hetero) is 1. The zero-order valence-electron chi connectivity index (χ0n) is 15.5. The van der Waals surface area contributed by atoms with Crippen LogP contribution in [0, 0.1) is 34.5 Å². The van der Waals surface area contributed by atoms with Crippen molar-refractivity contribution >= 4 is 11.8 Å². The van der Waals surface area contributed by atoms with Gasteiger partial charge in [-0.25, -0.2) is 0 Å². The van der Waals surface area contributed by atoms with Crippen molar-refractivity contribution in [1.29, 1.82) is 0 Å². The number of hydrogen-bond donors (Lipinski definition) is 0. The van der Waals surface area contributed by atoms with Crippen molar-refractivity contribution in [2.75, 3.05) is 0 Å². The number of fused-ring (bicyclic) bond motifs is 5. The van der Waals surface area contributed by atoms with Gasteiger partial charge in [-0.3, -0.25) is 9.59 Å². The van der Waals surface area contributed by atoms with Crippen LogP contribution in [0.4, 0.5) is 0 Å². The Kier molecular flexibility index (Phi) is 3.85. The van der Waals surface area contributed by atoms with Gasteiger partial charge in [-0.1, -0.05) is 26.7 Å². The molecule has 3 nitrogen and oxygen atoms in total. The van der Waals surface area contributed by atoms with E-state index < -0.39 is 6.10 Å². The number of ether oxygens (including phenoxy) is 1. The maximum absolute atomic E-state index is 13.0. The average Bonchev–Trinajstić information content (AvgIpc) is 2.78. The van der Waals surface area contributed by atoms with E-state index in [0.29, 0.717) is 17.3 Å². The lowest BCUT2D eigenvalue weighted by Crippen LogP contribution is -2.52. The molecule has 4 fully saturated rings. The summed E-state index contributed by atoms with van der Waals surface area (Å²) < 4.78 is 5.40. The van der Waals surface area contributed by atoms with Gasteiger partial charge in [-0.15, -0.1) is 0 Å². The summed E-state index contributed by atoms with van der Waals surface area (Å²) in [6.45, 7) is 6.14. The van der Waals surface area contributed by atoms with E-state index in [0.717, 1.165) is 24.7 Å². The third kappa shape index (κ3) is 2.22. The average molecular weight is 332 g/mol. The first kappa shape index (κ1) is 16.6. The largest absolute Gasteiger partial charge is 0.455 e. The first-order valence-corrected chi connectivity index (χ1v) is 10.1. The van der Waals surface area contributed by atoms with E-state index in [1.807, 2.05) is 0 Å². The predicted molar refractivity (Wildman–Crippen MR) is 92.3 cm³/mol. The van der Waals surface area contributed by atoms with Crippen LogP contribution in [0.1, 0.15) is 78.6 Å². The van der Waals surface area contributed by atoms with Crippen LogP contribution in [0.25, 0.3) is 0 Å². The molecule has 0 aromatic carbocycles. The molecule has 24 heavy (non-hydrogen) atoms. The molecule has 0 aromatic rings. The van der Waals surface area contributed by atoms with Gasteiger partial charge in [0.25, 0.3) is 0 Å². The summed E-state index contributed by atoms with van der Waals surface area (Å²) in [6, 6.07) is 0. The summed E-state index contributed by atoms with van der Waals surface area (Å²) in [6.07, 6.45) is 10.7. The molecule has 0 spiro atoms. The molecule has 4 saturated carbocycles. The van der Waals surface area contributed by atoms with Gasteiger partial charge in [0.1, 0.15) is 0 Å². The molecule has 0 saturated heterocycles. The molecule has 0 N–H and O–H groups in total. The molecule has 3 heteroatoms. The number of esters is 1. The summed E-state index contributed by atoms with van der Waals surface area (Å²) in [7, 11) is 0. The van der Waals surface area contributed by atoms with Crippen molar-refractivity contribution < 1.29 is 14.3 Å². The molecular weight excluding hydrogens is 300 g/mol. The van der Waals surface area contributed by atoms with Crippen molar-refractivity contribution in [2.45, 2.75) is 84.7 Å². The van der Waals surface area contributed by atoms with E-state index in [4.69, 9.17) is 4.74 Å². The Morgan fingerprint density at radius 2 is 1.83 bits per heavy atom. The molecular formula is C21H32O3. The van der Waals surface area contributed by atoms with E-state index in [9.17, 15) is 9.59 Å². The molecule has 4 aliphatic rings. The molecule has 0 aliphatic heterocycles. The monoisotopic (exact) mass is 332 g/mol. The molecule has 0 amide bonds. The summed E-state index contributed by atoms with van der Waals surface area (Å²) in [5.74, 6) is 2.66. The first-order valence-electron chi connectivity index (χ1n) is 10.1. The van der Waals surface area contributed by atoms with Crippen LogP contribution < -0.4 is 0 Å². The summed E-state index contributed by atoms with van der Waals surface area (Å²) in [4.78, 5) is 24.4. The molecule has 4 aliphatic carbocycles. The van der Waals surface area contributed by atoms with Gasteiger partial charge in [0.05, 0.1) is 0 Å². The molecule has 0 aromatic heterocycles. The minimum Gasteiger partial charge on any atom is -0.455 e. The number of rotatable bonds is 1. The summed E-state index contributed by atoms with van der Waals surface area (Å²) in [5, 5.41) is 0. The Bertz CT molecular complexity index is 555. The SMILES string of the molecule is CC(=O)OC1CC2C3CCC4CCCCC4(C)C3CCC2(C)C1=O. The quantitative estimate of drug-likeness (QED) is 0.663. The normalized spacial score (nSPS) is 50.6. The second-order valence-electron chi connectivity index (χ2n) is 9.56. The highest BCUT2D eigenvalue weighted by Gasteiger charge is 2.62. The number of carbonyl (C=O) groups excluding carboxylic acids is 2. The van der Waals surface area contributed by atoms with Crippen molar-refractivity contribution in [1.82, 2.24) is 0 Å². The lowest BCUT2D eigenvalue weighted by Gasteiger charge is -2.59. The van der Waals surface area contributed by atoms with Crippen LogP contribution in [0.2, 0.25) is 0 Å². The molecule has 4 rings (SSSR count). The van der Waals surface area contributed by atoms with Crippen molar-refractivity contribution in [2.24, 2.45) is 34.5 Å². The summed E-state index contributed by atoms with van der Waals surface area (Å²) >= 11 is 0.